The third-order valence-corrected chi connectivity index (χ3v) is 4.38. The number of aromatic nitrogens is 2. The molecule has 0 radical (unpaired) electrons. The van der Waals surface area contributed by atoms with Crippen LogP contribution in [0.4, 0.5) is 19.0 Å². The number of halogens is 3. The van der Waals surface area contributed by atoms with Crippen LogP contribution in [0.25, 0.3) is 11.1 Å². The number of pyridine rings is 1. The second-order valence-corrected chi connectivity index (χ2v) is 6.39. The third kappa shape index (κ3) is 3.11. The van der Waals surface area contributed by atoms with Crippen molar-refractivity contribution < 1.29 is 26.0 Å². The van der Waals surface area contributed by atoms with Crippen molar-refractivity contribution in [3.05, 3.63) is 52.6 Å². The number of aromatic amines is 1. The lowest BCUT2D eigenvalue weighted by molar-refractivity contribution is -0.137. The van der Waals surface area contributed by atoms with Crippen LogP contribution in [0.2, 0.25) is 0 Å². The predicted molar refractivity (Wildman–Crippen MR) is 76.9 cm³/mol. The molecule has 2 heterocycles. The van der Waals surface area contributed by atoms with Gasteiger partial charge in [-0.1, -0.05) is 0 Å². The highest BCUT2D eigenvalue weighted by Gasteiger charge is 2.30. The molecule has 1 aromatic carbocycles. The smallest absolute Gasteiger partial charge is 0.408 e. The van der Waals surface area contributed by atoms with Crippen LogP contribution in [0, 0.1) is 0 Å². The Morgan fingerprint density at radius 3 is 2.54 bits per heavy atom. The van der Waals surface area contributed by atoms with E-state index < -0.39 is 27.5 Å². The Hall–Kier alpha value is -2.82. The van der Waals surface area contributed by atoms with Crippen LogP contribution in [-0.2, 0) is 16.2 Å². The van der Waals surface area contributed by atoms with Gasteiger partial charge in [-0.2, -0.15) is 13.2 Å². The molecule has 3 rings (SSSR count). The molecule has 0 aliphatic heterocycles. The van der Waals surface area contributed by atoms with E-state index in [1.54, 1.807) is 0 Å². The molecule has 0 atom stereocenters. The van der Waals surface area contributed by atoms with E-state index in [1.807, 2.05) is 0 Å². The maximum Gasteiger partial charge on any atom is 0.417 e. The van der Waals surface area contributed by atoms with Gasteiger partial charge >= 0.3 is 11.9 Å². The van der Waals surface area contributed by atoms with Crippen LogP contribution >= 0.6 is 0 Å². The number of rotatable bonds is 3. The van der Waals surface area contributed by atoms with Crippen molar-refractivity contribution in [2.24, 2.45) is 0 Å². The maximum absolute atomic E-state index is 12.5. The fourth-order valence-electron chi connectivity index (χ4n) is 1.92. The average molecular weight is 359 g/mol. The number of anilines is 1. The molecule has 0 bridgehead atoms. The number of alkyl halides is 3. The molecule has 0 amide bonds. The van der Waals surface area contributed by atoms with Crippen molar-refractivity contribution >= 4 is 26.9 Å². The quantitative estimate of drug-likeness (QED) is 0.747. The molecule has 11 heteroatoms. The number of nitrogens with one attached hydrogen (secondary N) is 2. The number of fused-ring (bicyclic) bond motifs is 1. The molecular weight excluding hydrogens is 351 g/mol. The predicted octanol–water partition coefficient (Wildman–Crippen LogP) is 2.34. The van der Waals surface area contributed by atoms with Crippen LogP contribution in [0.3, 0.4) is 0 Å². The summed E-state index contributed by atoms with van der Waals surface area (Å²) in [5, 5.41) is 0. The van der Waals surface area contributed by atoms with Crippen molar-refractivity contribution in [3.63, 3.8) is 0 Å². The number of hydrogen-bond donors (Lipinski definition) is 2. The monoisotopic (exact) mass is 359 g/mol. The van der Waals surface area contributed by atoms with Gasteiger partial charge < -0.3 is 4.42 Å². The molecule has 0 spiro atoms. The van der Waals surface area contributed by atoms with Crippen molar-refractivity contribution in [2.75, 3.05) is 4.72 Å². The topological polar surface area (TPSA) is 105 Å². The van der Waals surface area contributed by atoms with E-state index in [9.17, 15) is 26.4 Å². The Kier molecular flexibility index (Phi) is 3.59. The fraction of sp³-hybridized carbons (Fsp3) is 0.0769. The maximum atomic E-state index is 12.5. The van der Waals surface area contributed by atoms with E-state index in [4.69, 9.17) is 4.42 Å². The normalized spacial score (nSPS) is 12.5. The van der Waals surface area contributed by atoms with Crippen LogP contribution in [0.5, 0.6) is 0 Å². The zero-order valence-electron chi connectivity index (χ0n) is 11.6. The van der Waals surface area contributed by atoms with E-state index >= 15 is 0 Å². The summed E-state index contributed by atoms with van der Waals surface area (Å²) in [5.74, 6) is -1.01. The number of nitrogens with zero attached hydrogens (tertiary/aromatic N) is 1. The molecule has 0 saturated carbocycles. The number of sulfonamides is 1. The molecule has 3 aromatic rings. The minimum atomic E-state index is -4.57. The summed E-state index contributed by atoms with van der Waals surface area (Å²) >= 11 is 0. The first kappa shape index (κ1) is 16.1. The molecule has 0 unspecified atom stereocenters. The van der Waals surface area contributed by atoms with Crippen molar-refractivity contribution in [2.45, 2.75) is 11.1 Å². The number of oxazole rings is 1. The van der Waals surface area contributed by atoms with Gasteiger partial charge in [0.2, 0.25) is 0 Å². The Morgan fingerprint density at radius 1 is 1.17 bits per heavy atom. The lowest BCUT2D eigenvalue weighted by Crippen LogP contribution is -2.14. The molecule has 126 valence electrons. The van der Waals surface area contributed by atoms with Gasteiger partial charge in [-0.25, -0.2) is 18.2 Å². The van der Waals surface area contributed by atoms with Crippen LogP contribution < -0.4 is 10.5 Å². The summed E-state index contributed by atoms with van der Waals surface area (Å²) in [5.41, 5.74) is -0.655. The van der Waals surface area contributed by atoms with E-state index in [2.05, 4.69) is 14.7 Å². The highest BCUT2D eigenvalue weighted by atomic mass is 32.2. The number of benzene rings is 1. The highest BCUT2D eigenvalue weighted by molar-refractivity contribution is 7.92. The summed E-state index contributed by atoms with van der Waals surface area (Å²) in [7, 11) is -4.10. The lowest BCUT2D eigenvalue weighted by Gasteiger charge is -2.09. The summed E-state index contributed by atoms with van der Waals surface area (Å²) in [6.45, 7) is 0. The second-order valence-electron chi connectivity index (χ2n) is 4.71. The molecular formula is C13H8F3N3O4S. The molecule has 0 saturated heterocycles. The summed E-state index contributed by atoms with van der Waals surface area (Å²) in [6, 6.07) is 5.24. The van der Waals surface area contributed by atoms with Gasteiger partial charge in [-0.15, -0.1) is 0 Å². The van der Waals surface area contributed by atoms with Gasteiger partial charge in [0.25, 0.3) is 10.0 Å². The fourth-order valence-corrected chi connectivity index (χ4v) is 2.95. The van der Waals surface area contributed by atoms with Crippen LogP contribution in [0.1, 0.15) is 5.56 Å². The first-order valence-electron chi connectivity index (χ1n) is 6.34. The van der Waals surface area contributed by atoms with Crippen molar-refractivity contribution in [1.29, 1.82) is 0 Å². The second kappa shape index (κ2) is 5.37. The average Bonchev–Trinajstić information content (AvgIpc) is 2.85. The molecule has 0 aliphatic carbocycles. The Labute approximate surface area is 132 Å². The van der Waals surface area contributed by atoms with Gasteiger partial charge in [0, 0.05) is 6.20 Å². The largest absolute Gasteiger partial charge is 0.417 e. The van der Waals surface area contributed by atoms with Crippen LogP contribution in [-0.4, -0.2) is 18.4 Å². The van der Waals surface area contributed by atoms with Gasteiger partial charge in [0.15, 0.2) is 5.58 Å². The van der Waals surface area contributed by atoms with E-state index in [0.717, 1.165) is 12.1 Å². The minimum absolute atomic E-state index is 0.170. The lowest BCUT2D eigenvalue weighted by atomic mass is 10.3. The standard InChI is InChI=1S/C13H8F3N3O4S/c14-13(15,16)7-1-4-11(17-6-7)19-24(21,22)8-2-3-10-9(5-8)18-12(20)23-10/h1-6H,(H,17,19)(H,18,20). The van der Waals surface area contributed by atoms with Gasteiger partial charge in [-0.05, 0) is 30.3 Å². The van der Waals surface area contributed by atoms with E-state index in [1.165, 1.54) is 12.1 Å². The molecule has 24 heavy (non-hydrogen) atoms. The molecule has 2 aromatic heterocycles. The molecule has 7 nitrogen and oxygen atoms in total. The number of H-pyrrole nitrogens is 1. The van der Waals surface area contributed by atoms with Gasteiger partial charge in [0.1, 0.15) is 5.82 Å². The Morgan fingerprint density at radius 2 is 1.92 bits per heavy atom. The first-order chi connectivity index (χ1) is 11.1. The molecule has 2 N–H and O–H groups in total. The SMILES string of the molecule is O=c1[nH]c2cc(S(=O)(=O)Nc3ccc(C(F)(F)F)cn3)ccc2o1. The summed E-state index contributed by atoms with van der Waals surface area (Å²) in [4.78, 5) is 16.6. The van der Waals surface area contributed by atoms with Crippen molar-refractivity contribution in [3.8, 4) is 0 Å². The summed E-state index contributed by atoms with van der Waals surface area (Å²) < 4.78 is 68.7. The van der Waals surface area contributed by atoms with Gasteiger partial charge in [-0.3, -0.25) is 9.71 Å². The molecule has 0 aliphatic rings. The summed E-state index contributed by atoms with van der Waals surface area (Å²) in [6.07, 6.45) is -4.04. The number of hydrogen-bond acceptors (Lipinski definition) is 5. The zero-order valence-corrected chi connectivity index (χ0v) is 12.4. The Bertz CT molecular complexity index is 1050. The van der Waals surface area contributed by atoms with Crippen molar-refractivity contribution in [1.82, 2.24) is 9.97 Å². The van der Waals surface area contributed by atoms with Crippen LogP contribution in [0.15, 0.2) is 50.6 Å². The highest BCUT2D eigenvalue weighted by Crippen LogP contribution is 2.29. The first-order valence-corrected chi connectivity index (χ1v) is 7.82. The Balaban J connectivity index is 1.90. The van der Waals surface area contributed by atoms with Gasteiger partial charge in [0.05, 0.1) is 16.0 Å². The van der Waals surface area contributed by atoms with E-state index in [0.29, 0.717) is 12.3 Å². The third-order valence-electron chi connectivity index (χ3n) is 3.03. The molecule has 0 fully saturated rings. The van der Waals surface area contributed by atoms with E-state index in [-0.39, 0.29) is 21.8 Å². The zero-order chi connectivity index (χ0) is 17.5. The minimum Gasteiger partial charge on any atom is -0.408 e.